The number of hydrogen-bond acceptors (Lipinski definition) is 7. The molecule has 0 aliphatic carbocycles. The fourth-order valence-electron chi connectivity index (χ4n) is 2.66. The summed E-state index contributed by atoms with van der Waals surface area (Å²) in [6.45, 7) is 4.04. The summed E-state index contributed by atoms with van der Waals surface area (Å²) in [6, 6.07) is 15.4. The van der Waals surface area contributed by atoms with E-state index in [4.69, 9.17) is 0 Å². The molecule has 0 aliphatic heterocycles. The molecular formula is C19H17N5OS2. The Hall–Kier alpha value is -2.71. The summed E-state index contributed by atoms with van der Waals surface area (Å²) in [5.74, 6) is 0.632. The first kappa shape index (κ1) is 17.7. The predicted octanol–water partition coefficient (Wildman–Crippen LogP) is 4.68. The van der Waals surface area contributed by atoms with Crippen molar-refractivity contribution in [2.24, 2.45) is 0 Å². The van der Waals surface area contributed by atoms with Gasteiger partial charge in [-0.25, -0.2) is 4.98 Å². The fourth-order valence-corrected chi connectivity index (χ4v) is 4.63. The van der Waals surface area contributed by atoms with E-state index >= 15 is 0 Å². The van der Waals surface area contributed by atoms with Gasteiger partial charge in [0.1, 0.15) is 5.82 Å². The van der Waals surface area contributed by atoms with Crippen molar-refractivity contribution in [3.05, 3.63) is 70.3 Å². The highest BCUT2D eigenvalue weighted by Crippen LogP contribution is 2.36. The summed E-state index contributed by atoms with van der Waals surface area (Å²) in [5.41, 5.74) is 2.74. The highest BCUT2D eigenvalue weighted by molar-refractivity contribution is 8.01. The summed E-state index contributed by atoms with van der Waals surface area (Å²) >= 11 is 2.99. The number of aryl methyl sites for hydroxylation is 1. The summed E-state index contributed by atoms with van der Waals surface area (Å²) in [4.78, 5) is 19.7. The van der Waals surface area contributed by atoms with Crippen molar-refractivity contribution in [2.45, 2.75) is 23.4 Å². The second kappa shape index (κ2) is 7.50. The van der Waals surface area contributed by atoms with E-state index in [1.807, 2.05) is 50.2 Å². The number of H-pyrrole nitrogens is 1. The van der Waals surface area contributed by atoms with Crippen LogP contribution in [0.5, 0.6) is 0 Å². The van der Waals surface area contributed by atoms with Crippen molar-refractivity contribution >= 4 is 44.8 Å². The zero-order chi connectivity index (χ0) is 18.8. The maximum Gasteiger partial charge on any atom is 0.258 e. The monoisotopic (exact) mass is 395 g/mol. The molecule has 0 radical (unpaired) electrons. The molecule has 0 unspecified atom stereocenters. The quantitative estimate of drug-likeness (QED) is 0.477. The molecule has 2 aromatic carbocycles. The first-order valence-electron chi connectivity index (χ1n) is 8.41. The van der Waals surface area contributed by atoms with Gasteiger partial charge in [0.2, 0.25) is 5.13 Å². The number of benzene rings is 2. The zero-order valence-electron chi connectivity index (χ0n) is 14.8. The average molecular weight is 396 g/mol. The number of aromatic amines is 1. The molecule has 0 saturated carbocycles. The van der Waals surface area contributed by atoms with E-state index in [1.54, 1.807) is 6.07 Å². The van der Waals surface area contributed by atoms with Gasteiger partial charge in [0.05, 0.1) is 16.2 Å². The van der Waals surface area contributed by atoms with Crippen LogP contribution < -0.4 is 10.9 Å². The lowest BCUT2D eigenvalue weighted by atomic mass is 10.2. The van der Waals surface area contributed by atoms with Gasteiger partial charge in [0.15, 0.2) is 4.34 Å². The standard InChI is InChI=1S/C19H17N5OS2/c1-11-6-5-7-13(10-11)20-18-23-24-19(27-18)26-12(2)16-21-15-9-4-3-8-14(15)17(25)22-16/h3-10,12H,1-2H3,(H,20,23)(H,21,22,25)/t12-/m0/s1. The van der Waals surface area contributed by atoms with Gasteiger partial charge >= 0.3 is 0 Å². The van der Waals surface area contributed by atoms with E-state index in [-0.39, 0.29) is 10.8 Å². The topological polar surface area (TPSA) is 83.6 Å². The molecule has 0 spiro atoms. The summed E-state index contributed by atoms with van der Waals surface area (Å²) in [6.07, 6.45) is 0. The minimum absolute atomic E-state index is 0.0536. The largest absolute Gasteiger partial charge is 0.330 e. The van der Waals surface area contributed by atoms with Gasteiger partial charge in [-0.05, 0) is 43.7 Å². The lowest BCUT2D eigenvalue weighted by Crippen LogP contribution is -2.12. The van der Waals surface area contributed by atoms with E-state index in [2.05, 4.69) is 31.5 Å². The molecule has 2 heterocycles. The molecule has 1 atom stereocenters. The molecule has 0 bridgehead atoms. The molecule has 0 fully saturated rings. The summed E-state index contributed by atoms with van der Waals surface area (Å²) < 4.78 is 0.813. The van der Waals surface area contributed by atoms with Crippen molar-refractivity contribution in [1.82, 2.24) is 20.2 Å². The number of nitrogens with zero attached hydrogens (tertiary/aromatic N) is 3. The molecule has 6 nitrogen and oxygen atoms in total. The van der Waals surface area contributed by atoms with Crippen molar-refractivity contribution in [3.8, 4) is 0 Å². The van der Waals surface area contributed by atoms with Gasteiger partial charge < -0.3 is 10.3 Å². The highest BCUT2D eigenvalue weighted by atomic mass is 32.2. The molecule has 8 heteroatoms. The Bertz CT molecular complexity index is 1150. The van der Waals surface area contributed by atoms with Crippen molar-refractivity contribution in [2.75, 3.05) is 5.32 Å². The number of nitrogens with one attached hydrogen (secondary N) is 2. The Morgan fingerprint density at radius 2 is 2.00 bits per heavy atom. The van der Waals surface area contributed by atoms with Crippen LogP contribution in [0.4, 0.5) is 10.8 Å². The first-order chi connectivity index (χ1) is 13.1. The summed E-state index contributed by atoms with van der Waals surface area (Å²) in [7, 11) is 0. The summed E-state index contributed by atoms with van der Waals surface area (Å²) in [5, 5.41) is 13.0. The van der Waals surface area contributed by atoms with Crippen molar-refractivity contribution in [3.63, 3.8) is 0 Å². The van der Waals surface area contributed by atoms with Crippen LogP contribution in [-0.4, -0.2) is 20.2 Å². The molecule has 27 heavy (non-hydrogen) atoms. The molecule has 0 saturated heterocycles. The van der Waals surface area contributed by atoms with Gasteiger partial charge in [0.25, 0.3) is 5.56 Å². The third-order valence-corrected chi connectivity index (χ3v) is 6.00. The number of para-hydroxylation sites is 1. The minimum Gasteiger partial charge on any atom is -0.330 e. The fraction of sp³-hybridized carbons (Fsp3) is 0.158. The molecule has 2 N–H and O–H groups in total. The maximum atomic E-state index is 12.3. The smallest absolute Gasteiger partial charge is 0.258 e. The van der Waals surface area contributed by atoms with Crippen LogP contribution in [0.15, 0.2) is 57.7 Å². The number of thioether (sulfide) groups is 1. The van der Waals surface area contributed by atoms with E-state index in [1.165, 1.54) is 28.7 Å². The second-order valence-corrected chi connectivity index (χ2v) is 8.66. The van der Waals surface area contributed by atoms with Gasteiger partial charge in [-0.3, -0.25) is 4.79 Å². The number of fused-ring (bicyclic) bond motifs is 1. The van der Waals surface area contributed by atoms with Gasteiger partial charge in [-0.15, -0.1) is 10.2 Å². The Kier molecular flexibility index (Phi) is 4.91. The van der Waals surface area contributed by atoms with Crippen molar-refractivity contribution < 1.29 is 0 Å². The number of hydrogen-bond donors (Lipinski definition) is 2. The Balaban J connectivity index is 1.51. The average Bonchev–Trinajstić information content (AvgIpc) is 3.08. The number of aromatic nitrogens is 4. The first-order valence-corrected chi connectivity index (χ1v) is 10.1. The highest BCUT2D eigenvalue weighted by Gasteiger charge is 2.15. The Labute approximate surface area is 164 Å². The lowest BCUT2D eigenvalue weighted by molar-refractivity contribution is 0.916. The Morgan fingerprint density at radius 3 is 2.85 bits per heavy atom. The van der Waals surface area contributed by atoms with Gasteiger partial charge in [0, 0.05) is 5.69 Å². The van der Waals surface area contributed by atoms with Crippen molar-refractivity contribution in [1.29, 1.82) is 0 Å². The second-order valence-electron chi connectivity index (χ2n) is 6.10. The SMILES string of the molecule is Cc1cccc(Nc2nnc(S[C@@H](C)c3nc4ccccc4c(=O)[nH]3)s2)c1. The van der Waals surface area contributed by atoms with Gasteiger partial charge in [-0.1, -0.05) is 47.4 Å². The van der Waals surface area contributed by atoms with E-state index < -0.39 is 0 Å². The van der Waals surface area contributed by atoms with Crippen LogP contribution in [-0.2, 0) is 0 Å². The third-order valence-electron chi connectivity index (χ3n) is 3.97. The van der Waals surface area contributed by atoms with Crippen LogP contribution in [0.1, 0.15) is 23.6 Å². The normalized spacial score (nSPS) is 12.2. The molecule has 4 rings (SSSR count). The van der Waals surface area contributed by atoms with E-state index in [0.717, 1.165) is 15.2 Å². The molecule has 136 valence electrons. The van der Waals surface area contributed by atoms with Gasteiger partial charge in [-0.2, -0.15) is 0 Å². The van der Waals surface area contributed by atoms with Crippen LogP contribution in [0, 0.1) is 6.92 Å². The van der Waals surface area contributed by atoms with Crippen LogP contribution >= 0.6 is 23.1 Å². The lowest BCUT2D eigenvalue weighted by Gasteiger charge is -2.08. The number of anilines is 2. The third kappa shape index (κ3) is 4.01. The maximum absolute atomic E-state index is 12.3. The number of rotatable bonds is 5. The Morgan fingerprint density at radius 1 is 1.15 bits per heavy atom. The van der Waals surface area contributed by atoms with E-state index in [9.17, 15) is 4.79 Å². The molecule has 4 aromatic rings. The minimum atomic E-state index is -0.123. The van der Waals surface area contributed by atoms with E-state index in [0.29, 0.717) is 16.7 Å². The predicted molar refractivity (Wildman–Crippen MR) is 111 cm³/mol. The molecular weight excluding hydrogens is 378 g/mol. The molecule has 2 aromatic heterocycles. The van der Waals surface area contributed by atoms with Crippen LogP contribution in [0.2, 0.25) is 0 Å². The molecule has 0 aliphatic rings. The zero-order valence-corrected chi connectivity index (χ0v) is 16.4. The molecule has 0 amide bonds. The van der Waals surface area contributed by atoms with Crippen LogP contribution in [0.25, 0.3) is 10.9 Å². The van der Waals surface area contributed by atoms with Crippen LogP contribution in [0.3, 0.4) is 0 Å².